The van der Waals surface area contributed by atoms with Crippen LogP contribution >= 0.6 is 0 Å². The lowest BCUT2D eigenvalue weighted by molar-refractivity contribution is 0.236. The molecule has 4 amide bonds. The van der Waals surface area contributed by atoms with Crippen molar-refractivity contribution in [3.05, 3.63) is 23.8 Å². The third-order valence-electron chi connectivity index (χ3n) is 1.78. The van der Waals surface area contributed by atoms with Gasteiger partial charge in [0.05, 0.1) is 11.4 Å². The number of hydrogen-bond donors (Lipinski definition) is 3. The zero-order valence-electron chi connectivity index (χ0n) is 10.4. The molecule has 104 valence electrons. The van der Waals surface area contributed by atoms with Gasteiger partial charge in [0.1, 0.15) is 0 Å². The first-order valence-corrected chi connectivity index (χ1v) is 5.03. The number of aliphatic imine (C=N–C) groups is 2. The van der Waals surface area contributed by atoms with Crippen LogP contribution in [0.25, 0.3) is 0 Å². The summed E-state index contributed by atoms with van der Waals surface area (Å²) in [6, 6.07) is 3.00. The van der Waals surface area contributed by atoms with E-state index in [2.05, 4.69) is 21.5 Å². The Balaban J connectivity index is 0.000000441. The van der Waals surface area contributed by atoms with Crippen LogP contribution in [0.3, 0.4) is 0 Å². The van der Waals surface area contributed by atoms with Crippen LogP contribution in [-0.2, 0) is 9.59 Å². The SMILES string of the molecule is Cc1ccc(N=C=O)cc1N=C=O.NC(=O)NC(N)=O. The van der Waals surface area contributed by atoms with Gasteiger partial charge in [0.2, 0.25) is 12.2 Å². The van der Waals surface area contributed by atoms with E-state index in [9.17, 15) is 19.2 Å². The molecule has 1 aromatic carbocycles. The van der Waals surface area contributed by atoms with Gasteiger partial charge in [-0.1, -0.05) is 6.07 Å². The summed E-state index contributed by atoms with van der Waals surface area (Å²) in [5.41, 5.74) is 10.6. The Hall–Kier alpha value is -3.28. The monoisotopic (exact) mass is 277 g/mol. The summed E-state index contributed by atoms with van der Waals surface area (Å²) in [4.78, 5) is 46.0. The minimum absolute atomic E-state index is 0.426. The highest BCUT2D eigenvalue weighted by Gasteiger charge is 1.97. The normalized spacial score (nSPS) is 8.05. The molecule has 0 radical (unpaired) electrons. The van der Waals surface area contributed by atoms with Gasteiger partial charge in [0, 0.05) is 0 Å². The zero-order valence-corrected chi connectivity index (χ0v) is 10.4. The van der Waals surface area contributed by atoms with Crippen molar-refractivity contribution in [3.63, 3.8) is 0 Å². The smallest absolute Gasteiger partial charge is 0.320 e. The fraction of sp³-hybridized carbons (Fsp3) is 0.0909. The van der Waals surface area contributed by atoms with Gasteiger partial charge < -0.3 is 11.5 Å². The van der Waals surface area contributed by atoms with Crippen LogP contribution in [0, 0.1) is 6.92 Å². The second-order valence-electron chi connectivity index (χ2n) is 3.23. The number of hydrogen-bond acceptors (Lipinski definition) is 6. The van der Waals surface area contributed by atoms with E-state index in [1.165, 1.54) is 18.2 Å². The van der Waals surface area contributed by atoms with Gasteiger partial charge in [0.15, 0.2) is 0 Å². The van der Waals surface area contributed by atoms with Crippen LogP contribution in [0.2, 0.25) is 0 Å². The molecule has 0 aliphatic carbocycles. The minimum atomic E-state index is -0.938. The highest BCUT2D eigenvalue weighted by Crippen LogP contribution is 2.23. The number of urea groups is 2. The van der Waals surface area contributed by atoms with Crippen molar-refractivity contribution in [2.75, 3.05) is 0 Å². The molecule has 1 rings (SSSR count). The lowest BCUT2D eigenvalue weighted by Gasteiger charge is -1.97. The lowest BCUT2D eigenvalue weighted by atomic mass is 10.2. The molecule has 0 atom stereocenters. The maximum absolute atomic E-state index is 10.00. The Bertz CT molecular complexity index is 589. The van der Waals surface area contributed by atoms with Crippen molar-refractivity contribution in [3.8, 4) is 0 Å². The third kappa shape index (κ3) is 7.13. The summed E-state index contributed by atoms with van der Waals surface area (Å²) in [7, 11) is 0. The Kier molecular flexibility index (Phi) is 7.32. The Morgan fingerprint density at radius 2 is 1.65 bits per heavy atom. The molecule has 0 bridgehead atoms. The number of rotatable bonds is 2. The van der Waals surface area contributed by atoms with E-state index in [0.717, 1.165) is 5.56 Å². The molecule has 9 heteroatoms. The van der Waals surface area contributed by atoms with E-state index in [1.54, 1.807) is 24.4 Å². The van der Waals surface area contributed by atoms with Crippen LogP contribution in [-0.4, -0.2) is 24.2 Å². The number of carbonyl (C=O) groups is 2. The molecule has 0 saturated carbocycles. The predicted molar refractivity (Wildman–Crippen MR) is 69.0 cm³/mol. The number of imide groups is 1. The van der Waals surface area contributed by atoms with Gasteiger partial charge in [-0.05, 0) is 24.6 Å². The van der Waals surface area contributed by atoms with Crippen molar-refractivity contribution < 1.29 is 19.2 Å². The number of nitrogens with zero attached hydrogens (tertiary/aromatic N) is 2. The maximum Gasteiger partial charge on any atom is 0.320 e. The van der Waals surface area contributed by atoms with Crippen LogP contribution in [0.15, 0.2) is 28.2 Å². The molecule has 0 saturated heterocycles. The molecule has 0 aromatic heterocycles. The van der Waals surface area contributed by atoms with Crippen molar-refractivity contribution in [1.29, 1.82) is 0 Å². The van der Waals surface area contributed by atoms with Crippen LogP contribution in [0.4, 0.5) is 21.0 Å². The number of carbonyl (C=O) groups excluding carboxylic acids is 4. The average Bonchev–Trinajstić information content (AvgIpc) is 2.33. The largest absolute Gasteiger partial charge is 0.351 e. The number of nitrogens with two attached hydrogens (primary N) is 2. The van der Waals surface area contributed by atoms with Crippen LogP contribution in [0.1, 0.15) is 5.56 Å². The fourth-order valence-corrected chi connectivity index (χ4v) is 1.01. The second-order valence-corrected chi connectivity index (χ2v) is 3.23. The number of benzene rings is 1. The highest BCUT2D eigenvalue weighted by molar-refractivity contribution is 5.91. The molecular weight excluding hydrogens is 266 g/mol. The first-order valence-electron chi connectivity index (χ1n) is 5.03. The molecule has 0 spiro atoms. The standard InChI is InChI=1S/C9H6N2O2.C2H5N3O2/c1-7-2-3-8(10-5-12)4-9(7)11-6-13;3-1(6)5-2(4)7/h2-4H,1H3;(H5,3,4,5,6,7). The van der Waals surface area contributed by atoms with Gasteiger partial charge in [0.25, 0.3) is 0 Å². The fourth-order valence-electron chi connectivity index (χ4n) is 1.01. The average molecular weight is 277 g/mol. The summed E-state index contributed by atoms with van der Waals surface area (Å²) in [5, 5.41) is 1.58. The Morgan fingerprint density at radius 3 is 2.05 bits per heavy atom. The van der Waals surface area contributed by atoms with E-state index in [0.29, 0.717) is 11.4 Å². The number of primary amides is 2. The molecule has 20 heavy (non-hydrogen) atoms. The molecule has 0 heterocycles. The summed E-state index contributed by atoms with van der Waals surface area (Å²) < 4.78 is 0. The maximum atomic E-state index is 10.00. The van der Waals surface area contributed by atoms with Crippen molar-refractivity contribution in [2.24, 2.45) is 21.5 Å². The second kappa shape index (κ2) is 8.76. The van der Waals surface area contributed by atoms with Crippen molar-refractivity contribution in [2.45, 2.75) is 6.92 Å². The molecule has 0 fully saturated rings. The zero-order chi connectivity index (χ0) is 15.5. The van der Waals surface area contributed by atoms with Gasteiger partial charge in [-0.2, -0.15) is 9.98 Å². The number of amides is 4. The number of nitrogens with one attached hydrogen (secondary N) is 1. The summed E-state index contributed by atoms with van der Waals surface area (Å²) in [6.45, 7) is 1.80. The van der Waals surface area contributed by atoms with E-state index in [4.69, 9.17) is 0 Å². The van der Waals surface area contributed by atoms with Crippen molar-refractivity contribution >= 4 is 35.6 Å². The number of isocyanates is 2. The Morgan fingerprint density at radius 1 is 1.10 bits per heavy atom. The van der Waals surface area contributed by atoms with Gasteiger partial charge >= 0.3 is 12.1 Å². The number of aryl methyl sites for hydroxylation is 1. The molecular formula is C11H11N5O4. The summed E-state index contributed by atoms with van der Waals surface area (Å²) in [5.74, 6) is 0. The van der Waals surface area contributed by atoms with Crippen molar-refractivity contribution in [1.82, 2.24) is 5.32 Å². The molecule has 9 nitrogen and oxygen atoms in total. The van der Waals surface area contributed by atoms with E-state index in [-0.39, 0.29) is 0 Å². The first kappa shape index (κ1) is 16.7. The van der Waals surface area contributed by atoms with Crippen LogP contribution < -0.4 is 16.8 Å². The highest BCUT2D eigenvalue weighted by atomic mass is 16.2. The lowest BCUT2D eigenvalue weighted by Crippen LogP contribution is -2.38. The molecule has 0 aliphatic rings. The molecule has 1 aromatic rings. The topological polar surface area (TPSA) is 157 Å². The predicted octanol–water partition coefficient (Wildman–Crippen LogP) is 0.663. The third-order valence-corrected chi connectivity index (χ3v) is 1.78. The van der Waals surface area contributed by atoms with E-state index < -0.39 is 12.1 Å². The molecule has 5 N–H and O–H groups in total. The van der Waals surface area contributed by atoms with Gasteiger partial charge in [-0.25, -0.2) is 19.2 Å². The van der Waals surface area contributed by atoms with Crippen LogP contribution in [0.5, 0.6) is 0 Å². The van der Waals surface area contributed by atoms with E-state index >= 15 is 0 Å². The Labute approximate surface area is 113 Å². The first-order chi connectivity index (χ1) is 9.40. The molecule has 0 unspecified atom stereocenters. The molecule has 0 aliphatic heterocycles. The quantitative estimate of drug-likeness (QED) is 0.535. The van der Waals surface area contributed by atoms with E-state index in [1.807, 2.05) is 0 Å². The summed E-state index contributed by atoms with van der Waals surface area (Å²) in [6.07, 6.45) is 2.84. The summed E-state index contributed by atoms with van der Waals surface area (Å²) >= 11 is 0. The minimum Gasteiger partial charge on any atom is -0.351 e. The van der Waals surface area contributed by atoms with Gasteiger partial charge in [-0.15, -0.1) is 0 Å². The van der Waals surface area contributed by atoms with Gasteiger partial charge in [-0.3, -0.25) is 5.32 Å².